The Bertz CT molecular complexity index is 715. The first-order valence-corrected chi connectivity index (χ1v) is 7.79. The molecule has 0 aliphatic rings. The van der Waals surface area contributed by atoms with E-state index in [2.05, 4.69) is 4.72 Å². The van der Waals surface area contributed by atoms with E-state index in [1.165, 1.54) is 12.1 Å². The molecule has 2 aromatic carbocycles. The normalized spacial score (nSPS) is 13.6. The second-order valence-corrected chi connectivity index (χ2v) is 6.25. The third-order valence-corrected chi connectivity index (χ3v) is 4.54. The zero-order chi connectivity index (χ0) is 14.8. The van der Waals surface area contributed by atoms with Gasteiger partial charge in [0, 0.05) is 11.9 Å². The highest BCUT2D eigenvalue weighted by Gasteiger charge is 2.21. The molecule has 0 fully saturated rings. The zero-order valence-corrected chi connectivity index (χ0v) is 11.8. The van der Waals surface area contributed by atoms with Crippen molar-refractivity contribution in [3.05, 3.63) is 42.2 Å². The highest BCUT2D eigenvalue weighted by molar-refractivity contribution is 7.89. The Morgan fingerprint density at radius 2 is 1.95 bits per heavy atom. The van der Waals surface area contributed by atoms with E-state index in [1.54, 1.807) is 31.2 Å². The maximum atomic E-state index is 14.3. The predicted octanol–water partition coefficient (Wildman–Crippen LogP) is 2.03. The maximum Gasteiger partial charge on any atom is 0.243 e. The van der Waals surface area contributed by atoms with Gasteiger partial charge in [-0.1, -0.05) is 37.3 Å². The van der Waals surface area contributed by atoms with Crippen LogP contribution in [0.25, 0.3) is 10.8 Å². The third-order valence-electron chi connectivity index (χ3n) is 3.10. The molecule has 0 aromatic heterocycles. The fraction of sp³-hybridized carbons (Fsp3) is 0.286. The minimum Gasteiger partial charge on any atom is -0.392 e. The van der Waals surface area contributed by atoms with Gasteiger partial charge in [0.1, 0.15) is 4.90 Å². The number of fused-ring (bicyclic) bond motifs is 1. The summed E-state index contributed by atoms with van der Waals surface area (Å²) in [6, 6.07) is 9.44. The Morgan fingerprint density at radius 1 is 1.25 bits per heavy atom. The van der Waals surface area contributed by atoms with Crippen molar-refractivity contribution in [1.29, 1.82) is 0 Å². The number of benzene rings is 2. The molecule has 2 N–H and O–H groups in total. The average molecular weight is 297 g/mol. The van der Waals surface area contributed by atoms with E-state index in [0.29, 0.717) is 11.8 Å². The van der Waals surface area contributed by atoms with Gasteiger partial charge in [0.25, 0.3) is 0 Å². The summed E-state index contributed by atoms with van der Waals surface area (Å²) in [5.74, 6) is -0.776. The monoisotopic (exact) mass is 297 g/mol. The van der Waals surface area contributed by atoms with Gasteiger partial charge in [-0.05, 0) is 17.9 Å². The molecule has 6 heteroatoms. The standard InChI is InChI=1S/C14H16FNO3S/c1-2-11(17)9-16-20(18,19)13-8-7-10-5-3-4-6-12(10)14(13)15/h3-8,11,16-17H,2,9H2,1H3/t11-/m1/s1. The molecule has 4 nitrogen and oxygen atoms in total. The summed E-state index contributed by atoms with van der Waals surface area (Å²) in [4.78, 5) is -0.403. The van der Waals surface area contributed by atoms with Gasteiger partial charge < -0.3 is 5.11 Å². The number of nitrogens with one attached hydrogen (secondary N) is 1. The van der Waals surface area contributed by atoms with Crippen LogP contribution in [0, 0.1) is 5.82 Å². The predicted molar refractivity (Wildman–Crippen MR) is 75.4 cm³/mol. The molecule has 1 atom stereocenters. The maximum absolute atomic E-state index is 14.3. The number of hydrogen-bond acceptors (Lipinski definition) is 3. The van der Waals surface area contributed by atoms with Gasteiger partial charge in [0.2, 0.25) is 10.0 Å². The summed E-state index contributed by atoms with van der Waals surface area (Å²) in [6.45, 7) is 1.60. The summed E-state index contributed by atoms with van der Waals surface area (Å²) in [7, 11) is -3.97. The summed E-state index contributed by atoms with van der Waals surface area (Å²) in [5.41, 5.74) is 0. The molecule has 0 spiro atoms. The van der Waals surface area contributed by atoms with Crippen LogP contribution in [0.15, 0.2) is 41.3 Å². The second-order valence-electron chi connectivity index (χ2n) is 4.51. The second kappa shape index (κ2) is 5.87. The van der Waals surface area contributed by atoms with Crippen molar-refractivity contribution >= 4 is 20.8 Å². The lowest BCUT2D eigenvalue weighted by Crippen LogP contribution is -2.32. The van der Waals surface area contributed by atoms with E-state index in [1.807, 2.05) is 0 Å². The first-order chi connectivity index (χ1) is 9.45. The molecule has 0 saturated carbocycles. The van der Waals surface area contributed by atoms with E-state index in [9.17, 15) is 17.9 Å². The largest absolute Gasteiger partial charge is 0.392 e. The van der Waals surface area contributed by atoms with E-state index < -0.39 is 26.8 Å². The van der Waals surface area contributed by atoms with Gasteiger partial charge in [-0.2, -0.15) is 0 Å². The van der Waals surface area contributed by atoms with Gasteiger partial charge in [-0.3, -0.25) is 0 Å². The Labute approximate surface area is 117 Å². The number of hydrogen-bond donors (Lipinski definition) is 2. The molecular weight excluding hydrogens is 281 g/mol. The lowest BCUT2D eigenvalue weighted by atomic mass is 10.1. The summed E-state index contributed by atoms with van der Waals surface area (Å²) in [6.07, 6.45) is -0.365. The van der Waals surface area contributed by atoms with Gasteiger partial charge >= 0.3 is 0 Å². The summed E-state index contributed by atoms with van der Waals surface area (Å²) >= 11 is 0. The van der Waals surface area contributed by atoms with E-state index in [-0.39, 0.29) is 11.9 Å². The number of halogens is 1. The van der Waals surface area contributed by atoms with Crippen LogP contribution in [0.3, 0.4) is 0 Å². The fourth-order valence-electron chi connectivity index (χ4n) is 1.85. The minimum absolute atomic E-state index is 0.134. The van der Waals surface area contributed by atoms with Crippen LogP contribution in [0.4, 0.5) is 4.39 Å². The molecule has 0 aliphatic carbocycles. The van der Waals surface area contributed by atoms with Crippen LogP contribution in [-0.2, 0) is 10.0 Å². The van der Waals surface area contributed by atoms with Crippen LogP contribution >= 0.6 is 0 Å². The van der Waals surface area contributed by atoms with Crippen LogP contribution < -0.4 is 4.72 Å². The minimum atomic E-state index is -3.97. The third kappa shape index (κ3) is 2.98. The van der Waals surface area contributed by atoms with Crippen molar-refractivity contribution in [1.82, 2.24) is 4.72 Å². The van der Waals surface area contributed by atoms with Crippen molar-refractivity contribution < 1.29 is 17.9 Å². The van der Waals surface area contributed by atoms with Crippen molar-refractivity contribution in [2.45, 2.75) is 24.3 Å². The summed E-state index contributed by atoms with van der Waals surface area (Å²) in [5, 5.41) is 10.3. The van der Waals surface area contributed by atoms with Crippen molar-refractivity contribution in [3.63, 3.8) is 0 Å². The van der Waals surface area contributed by atoms with Crippen LogP contribution in [0.1, 0.15) is 13.3 Å². The molecule has 0 heterocycles. The molecule has 20 heavy (non-hydrogen) atoms. The Kier molecular flexibility index (Phi) is 4.37. The molecule has 2 rings (SSSR count). The summed E-state index contributed by atoms with van der Waals surface area (Å²) < 4.78 is 40.6. The van der Waals surface area contributed by atoms with E-state index in [0.717, 1.165) is 0 Å². The SMILES string of the molecule is CC[C@@H](O)CNS(=O)(=O)c1ccc2ccccc2c1F. The smallest absolute Gasteiger partial charge is 0.243 e. The molecule has 108 valence electrons. The molecule has 0 aliphatic heterocycles. The average Bonchev–Trinajstić information content (AvgIpc) is 2.45. The molecule has 0 saturated heterocycles. The van der Waals surface area contributed by atoms with Crippen molar-refractivity contribution in [2.24, 2.45) is 0 Å². The van der Waals surface area contributed by atoms with Crippen LogP contribution in [0.5, 0.6) is 0 Å². The van der Waals surface area contributed by atoms with Gasteiger partial charge in [0.15, 0.2) is 5.82 Å². The van der Waals surface area contributed by atoms with Gasteiger partial charge in [-0.15, -0.1) is 0 Å². The lowest BCUT2D eigenvalue weighted by molar-refractivity contribution is 0.174. The topological polar surface area (TPSA) is 66.4 Å². The molecule has 0 radical (unpaired) electrons. The van der Waals surface area contributed by atoms with Gasteiger partial charge in [-0.25, -0.2) is 17.5 Å². The van der Waals surface area contributed by atoms with Crippen molar-refractivity contribution in [2.75, 3.05) is 6.54 Å². The highest BCUT2D eigenvalue weighted by atomic mass is 32.2. The molecule has 2 aromatic rings. The molecular formula is C14H16FNO3S. The number of rotatable bonds is 5. The first-order valence-electron chi connectivity index (χ1n) is 6.30. The molecule has 0 unspecified atom stereocenters. The van der Waals surface area contributed by atoms with Gasteiger partial charge in [0.05, 0.1) is 6.10 Å². The number of aliphatic hydroxyl groups excluding tert-OH is 1. The van der Waals surface area contributed by atoms with E-state index >= 15 is 0 Å². The molecule has 0 bridgehead atoms. The van der Waals surface area contributed by atoms with Crippen LogP contribution in [0.2, 0.25) is 0 Å². The van der Waals surface area contributed by atoms with Crippen LogP contribution in [-0.4, -0.2) is 26.2 Å². The number of aliphatic hydroxyl groups is 1. The Hall–Kier alpha value is -1.50. The van der Waals surface area contributed by atoms with E-state index in [4.69, 9.17) is 0 Å². The molecule has 0 amide bonds. The fourth-order valence-corrected chi connectivity index (χ4v) is 3.01. The van der Waals surface area contributed by atoms with Crippen molar-refractivity contribution in [3.8, 4) is 0 Å². The number of sulfonamides is 1. The Balaban J connectivity index is 2.39. The zero-order valence-electron chi connectivity index (χ0n) is 11.0. The highest BCUT2D eigenvalue weighted by Crippen LogP contribution is 2.23. The Morgan fingerprint density at radius 3 is 2.65 bits per heavy atom. The lowest BCUT2D eigenvalue weighted by Gasteiger charge is -2.11. The first kappa shape index (κ1) is 14.9. The quantitative estimate of drug-likeness (QED) is 0.887.